The van der Waals surface area contributed by atoms with Crippen molar-refractivity contribution in [3.05, 3.63) is 65.7 Å². The van der Waals surface area contributed by atoms with Crippen LogP contribution in [-0.4, -0.2) is 25.9 Å². The summed E-state index contributed by atoms with van der Waals surface area (Å²) in [5.41, 5.74) is 1.58. The quantitative estimate of drug-likeness (QED) is 0.806. The lowest BCUT2D eigenvalue weighted by Gasteiger charge is -2.10. The molecule has 0 aliphatic heterocycles. The number of carbonyl (C=O) groups is 1. The van der Waals surface area contributed by atoms with Crippen LogP contribution in [0.15, 0.2) is 54.9 Å². The van der Waals surface area contributed by atoms with Crippen LogP contribution in [0.5, 0.6) is 0 Å². The second kappa shape index (κ2) is 5.72. The molecule has 3 rings (SSSR count). The summed E-state index contributed by atoms with van der Waals surface area (Å²) in [5, 5.41) is 14.6. The molecule has 21 heavy (non-hydrogen) atoms. The third kappa shape index (κ3) is 2.90. The average molecular weight is 300 g/mol. The van der Waals surface area contributed by atoms with E-state index in [9.17, 15) is 4.79 Å². The Kier molecular flexibility index (Phi) is 3.61. The molecule has 0 aliphatic rings. The lowest BCUT2D eigenvalue weighted by molar-refractivity contribution is 0.102. The van der Waals surface area contributed by atoms with E-state index in [4.69, 9.17) is 11.6 Å². The number of aromatic nitrogens is 4. The lowest BCUT2D eigenvalue weighted by Crippen LogP contribution is -2.15. The van der Waals surface area contributed by atoms with Gasteiger partial charge >= 0.3 is 0 Å². The highest BCUT2D eigenvalue weighted by atomic mass is 35.5. The van der Waals surface area contributed by atoms with E-state index in [1.54, 1.807) is 23.1 Å². The normalized spacial score (nSPS) is 10.3. The summed E-state index contributed by atoms with van der Waals surface area (Å²) in [4.78, 5) is 12.2. The first kappa shape index (κ1) is 13.3. The van der Waals surface area contributed by atoms with Crippen LogP contribution in [0.4, 0.5) is 5.69 Å². The molecule has 0 saturated carbocycles. The van der Waals surface area contributed by atoms with Crippen molar-refractivity contribution >= 4 is 23.2 Å². The first-order chi connectivity index (χ1) is 10.2. The van der Waals surface area contributed by atoms with Gasteiger partial charge in [-0.05, 0) is 30.3 Å². The summed E-state index contributed by atoms with van der Waals surface area (Å²) < 4.78 is 1.67. The van der Waals surface area contributed by atoms with Crippen LogP contribution in [0.1, 0.15) is 10.5 Å². The summed E-state index contributed by atoms with van der Waals surface area (Å²) in [6, 6.07) is 12.2. The van der Waals surface area contributed by atoms with Gasteiger partial charge in [0, 0.05) is 12.4 Å². The highest BCUT2D eigenvalue weighted by Crippen LogP contribution is 2.19. The van der Waals surface area contributed by atoms with Crippen LogP contribution in [0.2, 0.25) is 5.15 Å². The number of hydrogen-bond donors (Lipinski definition) is 1. The molecule has 2 aromatic heterocycles. The van der Waals surface area contributed by atoms with Crippen molar-refractivity contribution in [2.75, 3.05) is 5.32 Å². The number of anilines is 1. The molecule has 7 heteroatoms. The molecule has 1 N–H and O–H groups in total. The average Bonchev–Trinajstić information content (AvgIpc) is 3.02. The largest absolute Gasteiger partial charge is 0.319 e. The van der Waals surface area contributed by atoms with Crippen molar-refractivity contribution in [3.8, 4) is 5.69 Å². The maximum atomic E-state index is 12.2. The predicted octanol–water partition coefficient (Wildman–Crippen LogP) is 2.57. The van der Waals surface area contributed by atoms with Crippen LogP contribution in [-0.2, 0) is 0 Å². The molecule has 0 unspecified atom stereocenters. The standard InChI is InChI=1S/C14H10ClN5O/c15-13-7-6-11(18-19-13)14(21)17-10-4-1-2-5-12(10)20-9-3-8-16-20/h1-9H,(H,17,21). The van der Waals surface area contributed by atoms with E-state index in [0.717, 1.165) is 5.69 Å². The predicted molar refractivity (Wildman–Crippen MR) is 78.6 cm³/mol. The van der Waals surface area contributed by atoms with E-state index >= 15 is 0 Å². The fourth-order valence-corrected chi connectivity index (χ4v) is 1.91. The minimum atomic E-state index is -0.362. The van der Waals surface area contributed by atoms with Crippen molar-refractivity contribution in [2.24, 2.45) is 0 Å². The van der Waals surface area contributed by atoms with E-state index in [1.165, 1.54) is 12.1 Å². The van der Waals surface area contributed by atoms with Gasteiger partial charge in [0.2, 0.25) is 0 Å². The fraction of sp³-hybridized carbons (Fsp3) is 0. The maximum Gasteiger partial charge on any atom is 0.276 e. The van der Waals surface area contributed by atoms with Crippen LogP contribution in [0, 0.1) is 0 Å². The van der Waals surface area contributed by atoms with E-state index < -0.39 is 0 Å². The van der Waals surface area contributed by atoms with E-state index in [-0.39, 0.29) is 16.8 Å². The van der Waals surface area contributed by atoms with Gasteiger partial charge in [-0.3, -0.25) is 4.79 Å². The topological polar surface area (TPSA) is 72.7 Å². The minimum Gasteiger partial charge on any atom is -0.319 e. The van der Waals surface area contributed by atoms with E-state index in [2.05, 4.69) is 20.6 Å². The number of nitrogens with one attached hydrogen (secondary N) is 1. The summed E-state index contributed by atoms with van der Waals surface area (Å²) in [5.74, 6) is -0.362. The Morgan fingerprint density at radius 3 is 2.67 bits per heavy atom. The van der Waals surface area contributed by atoms with Crippen LogP contribution in [0.25, 0.3) is 5.69 Å². The molecule has 0 saturated heterocycles. The second-order valence-electron chi connectivity index (χ2n) is 4.16. The zero-order chi connectivity index (χ0) is 14.7. The van der Waals surface area contributed by atoms with Crippen molar-refractivity contribution in [3.63, 3.8) is 0 Å². The molecule has 104 valence electrons. The summed E-state index contributed by atoms with van der Waals surface area (Å²) in [6.45, 7) is 0. The first-order valence-corrected chi connectivity index (χ1v) is 6.51. The Morgan fingerprint density at radius 1 is 1.10 bits per heavy atom. The van der Waals surface area contributed by atoms with E-state index in [1.807, 2.05) is 24.3 Å². The van der Waals surface area contributed by atoms with Crippen molar-refractivity contribution < 1.29 is 4.79 Å². The van der Waals surface area contributed by atoms with Gasteiger partial charge in [0.25, 0.3) is 5.91 Å². The summed E-state index contributed by atoms with van der Waals surface area (Å²) in [6.07, 6.45) is 3.47. The molecule has 0 fully saturated rings. The molecule has 2 heterocycles. The first-order valence-electron chi connectivity index (χ1n) is 6.14. The van der Waals surface area contributed by atoms with E-state index in [0.29, 0.717) is 5.69 Å². The third-order valence-corrected chi connectivity index (χ3v) is 2.97. The molecule has 0 atom stereocenters. The number of hydrogen-bond acceptors (Lipinski definition) is 4. The van der Waals surface area contributed by atoms with Gasteiger partial charge < -0.3 is 5.32 Å². The second-order valence-corrected chi connectivity index (χ2v) is 4.55. The van der Waals surface area contributed by atoms with Gasteiger partial charge in [0.1, 0.15) is 0 Å². The third-order valence-electron chi connectivity index (χ3n) is 2.77. The molecule has 1 amide bonds. The number of rotatable bonds is 3. The SMILES string of the molecule is O=C(Nc1ccccc1-n1cccn1)c1ccc(Cl)nn1. The molecule has 0 bridgehead atoms. The Labute approximate surface area is 125 Å². The molecule has 3 aromatic rings. The minimum absolute atomic E-state index is 0.190. The maximum absolute atomic E-state index is 12.2. The fourth-order valence-electron chi connectivity index (χ4n) is 1.81. The van der Waals surface area contributed by atoms with Crippen LogP contribution in [0.3, 0.4) is 0 Å². The van der Waals surface area contributed by atoms with Crippen LogP contribution >= 0.6 is 11.6 Å². The highest BCUT2D eigenvalue weighted by Gasteiger charge is 2.11. The van der Waals surface area contributed by atoms with Gasteiger partial charge in [-0.2, -0.15) is 5.10 Å². The zero-order valence-electron chi connectivity index (χ0n) is 10.8. The van der Waals surface area contributed by atoms with Crippen LogP contribution < -0.4 is 5.32 Å². The zero-order valence-corrected chi connectivity index (χ0v) is 11.5. The number of benzene rings is 1. The van der Waals surface area contributed by atoms with Crippen molar-refractivity contribution in [2.45, 2.75) is 0 Å². The van der Waals surface area contributed by atoms with Gasteiger partial charge in [-0.15, -0.1) is 10.2 Å². The molecular formula is C14H10ClN5O. The molecule has 6 nitrogen and oxygen atoms in total. The highest BCUT2D eigenvalue weighted by molar-refractivity contribution is 6.29. The molecule has 0 aliphatic carbocycles. The molecular weight excluding hydrogens is 290 g/mol. The Morgan fingerprint density at radius 2 is 1.95 bits per heavy atom. The summed E-state index contributed by atoms with van der Waals surface area (Å²) >= 11 is 5.65. The number of halogens is 1. The number of nitrogens with zero attached hydrogens (tertiary/aromatic N) is 4. The van der Waals surface area contributed by atoms with Gasteiger partial charge in [0.05, 0.1) is 11.4 Å². The molecule has 0 radical (unpaired) electrons. The summed E-state index contributed by atoms with van der Waals surface area (Å²) in [7, 11) is 0. The van der Waals surface area contributed by atoms with Crippen molar-refractivity contribution in [1.29, 1.82) is 0 Å². The Hall–Kier alpha value is -2.73. The Balaban J connectivity index is 1.88. The van der Waals surface area contributed by atoms with Gasteiger partial charge in [-0.1, -0.05) is 23.7 Å². The lowest BCUT2D eigenvalue weighted by atomic mass is 10.2. The van der Waals surface area contributed by atoms with Gasteiger partial charge in [0.15, 0.2) is 10.8 Å². The number of carbonyl (C=O) groups excluding carboxylic acids is 1. The van der Waals surface area contributed by atoms with Gasteiger partial charge in [-0.25, -0.2) is 4.68 Å². The molecule has 0 spiro atoms. The van der Waals surface area contributed by atoms with Crippen molar-refractivity contribution in [1.82, 2.24) is 20.0 Å². The monoisotopic (exact) mass is 299 g/mol. The number of amides is 1. The smallest absolute Gasteiger partial charge is 0.276 e. The Bertz CT molecular complexity index is 755. The molecule has 1 aromatic carbocycles. The number of para-hydroxylation sites is 2.